The van der Waals surface area contributed by atoms with Crippen LogP contribution < -0.4 is 0 Å². The molecular formula is C20H25N3O2. The van der Waals surface area contributed by atoms with Crippen LogP contribution in [-0.4, -0.2) is 44.2 Å². The van der Waals surface area contributed by atoms with Crippen molar-refractivity contribution in [2.24, 2.45) is 0 Å². The number of benzene rings is 1. The minimum atomic E-state index is -0.695. The van der Waals surface area contributed by atoms with Crippen LogP contribution >= 0.6 is 0 Å². The van der Waals surface area contributed by atoms with Crippen molar-refractivity contribution in [3.8, 4) is 0 Å². The maximum Gasteiger partial charge on any atom is 0.323 e. The third-order valence-corrected chi connectivity index (χ3v) is 6.49. The first-order valence-corrected chi connectivity index (χ1v) is 9.55. The summed E-state index contributed by atoms with van der Waals surface area (Å²) >= 11 is 0. The molecule has 5 heteroatoms. The second-order valence-corrected chi connectivity index (χ2v) is 7.81. The number of aromatic amines is 1. The molecular weight excluding hydrogens is 314 g/mol. The van der Waals surface area contributed by atoms with E-state index in [0.717, 1.165) is 43.3 Å². The van der Waals surface area contributed by atoms with E-state index in [-0.39, 0.29) is 24.2 Å². The fourth-order valence-electron chi connectivity index (χ4n) is 5.25. The zero-order valence-corrected chi connectivity index (χ0v) is 14.6. The summed E-state index contributed by atoms with van der Waals surface area (Å²) in [5.41, 5.74) is 3.51. The molecule has 132 valence electrons. The number of urea groups is 1. The molecule has 1 saturated carbocycles. The van der Waals surface area contributed by atoms with Gasteiger partial charge in [0.1, 0.15) is 0 Å². The van der Waals surface area contributed by atoms with Crippen LogP contribution in [0.3, 0.4) is 0 Å². The smallest absolute Gasteiger partial charge is 0.323 e. The Kier molecular flexibility index (Phi) is 3.35. The highest BCUT2D eigenvalue weighted by Crippen LogP contribution is 2.43. The Hall–Kier alpha value is -2.01. The Morgan fingerprint density at radius 2 is 1.88 bits per heavy atom. The molecule has 5 rings (SSSR count). The Balaban J connectivity index is 1.54. The van der Waals surface area contributed by atoms with Crippen LogP contribution in [0.15, 0.2) is 24.3 Å². The zero-order valence-electron chi connectivity index (χ0n) is 14.6. The van der Waals surface area contributed by atoms with Crippen molar-refractivity contribution in [3.05, 3.63) is 35.5 Å². The number of aliphatic hydroxyl groups is 1. The fourth-order valence-corrected chi connectivity index (χ4v) is 5.25. The average Bonchev–Trinajstić information content (AvgIpc) is 3.13. The van der Waals surface area contributed by atoms with Gasteiger partial charge in [-0.05, 0) is 37.8 Å². The molecule has 1 saturated heterocycles. The Bertz CT molecular complexity index is 823. The van der Waals surface area contributed by atoms with Crippen LogP contribution in [-0.2, 0) is 6.42 Å². The van der Waals surface area contributed by atoms with Crippen molar-refractivity contribution in [1.82, 2.24) is 14.8 Å². The van der Waals surface area contributed by atoms with Gasteiger partial charge in [-0.15, -0.1) is 0 Å². The van der Waals surface area contributed by atoms with Crippen molar-refractivity contribution in [3.63, 3.8) is 0 Å². The normalized spacial score (nSPS) is 30.0. The van der Waals surface area contributed by atoms with Crippen LogP contribution in [0.25, 0.3) is 10.9 Å². The highest BCUT2D eigenvalue weighted by molar-refractivity contribution is 5.87. The number of nitrogens with one attached hydrogen (secondary N) is 1. The molecule has 25 heavy (non-hydrogen) atoms. The molecule has 2 aliphatic heterocycles. The molecule has 3 atom stereocenters. The minimum Gasteiger partial charge on any atom is -0.371 e. The van der Waals surface area contributed by atoms with Gasteiger partial charge in [0.2, 0.25) is 0 Å². The number of H-pyrrole nitrogens is 1. The molecule has 1 aromatic carbocycles. The lowest BCUT2D eigenvalue weighted by Crippen LogP contribution is -2.45. The van der Waals surface area contributed by atoms with Crippen LogP contribution in [0.5, 0.6) is 0 Å². The number of fused-ring (bicyclic) bond motifs is 4. The Morgan fingerprint density at radius 3 is 2.68 bits per heavy atom. The number of hydrogen-bond donors (Lipinski definition) is 2. The number of nitrogens with zero attached hydrogens (tertiary/aromatic N) is 2. The quantitative estimate of drug-likeness (QED) is 0.835. The van der Waals surface area contributed by atoms with Crippen molar-refractivity contribution in [1.29, 1.82) is 0 Å². The molecule has 0 bridgehead atoms. The molecule has 3 unspecified atom stereocenters. The summed E-state index contributed by atoms with van der Waals surface area (Å²) < 4.78 is 0. The minimum absolute atomic E-state index is 0.0150. The molecule has 2 amide bonds. The summed E-state index contributed by atoms with van der Waals surface area (Å²) in [7, 11) is 0. The van der Waals surface area contributed by atoms with Gasteiger partial charge in [-0.25, -0.2) is 4.79 Å². The van der Waals surface area contributed by atoms with E-state index in [9.17, 15) is 9.90 Å². The number of para-hydroxylation sites is 1. The first-order chi connectivity index (χ1) is 12.2. The lowest BCUT2D eigenvalue weighted by atomic mass is 9.92. The third-order valence-electron chi connectivity index (χ3n) is 6.49. The van der Waals surface area contributed by atoms with Crippen molar-refractivity contribution in [2.45, 2.75) is 69.8 Å². The second-order valence-electron chi connectivity index (χ2n) is 7.81. The van der Waals surface area contributed by atoms with Gasteiger partial charge in [0, 0.05) is 22.6 Å². The van der Waals surface area contributed by atoms with Crippen molar-refractivity contribution >= 4 is 16.9 Å². The standard InChI is InChI=1S/C20H25N3O2/c1-12-18-15(14-9-5-6-10-16(14)21-18)11-17-19(24)23(20(25)22(12)17)13-7-3-2-4-8-13/h5-6,9-10,12-13,17,19,21,24H,2-4,7-8,11H2,1H3. The van der Waals surface area contributed by atoms with Gasteiger partial charge in [0.05, 0.1) is 12.1 Å². The number of carbonyl (C=O) groups excluding carboxylic acids is 1. The molecule has 3 aliphatic rings. The number of carbonyl (C=O) groups is 1. The summed E-state index contributed by atoms with van der Waals surface area (Å²) in [6.07, 6.45) is 5.63. The van der Waals surface area contributed by atoms with Crippen molar-refractivity contribution in [2.75, 3.05) is 0 Å². The summed E-state index contributed by atoms with van der Waals surface area (Å²) in [5, 5.41) is 12.2. The summed E-state index contributed by atoms with van der Waals surface area (Å²) in [6, 6.07) is 8.34. The van der Waals surface area contributed by atoms with E-state index in [0.29, 0.717) is 0 Å². The molecule has 5 nitrogen and oxygen atoms in total. The molecule has 1 aliphatic carbocycles. The summed E-state index contributed by atoms with van der Waals surface area (Å²) in [4.78, 5) is 20.4. The van der Waals surface area contributed by atoms with E-state index >= 15 is 0 Å². The molecule has 2 aromatic rings. The summed E-state index contributed by atoms with van der Waals surface area (Å²) in [6.45, 7) is 2.08. The molecule has 0 spiro atoms. The van der Waals surface area contributed by atoms with Gasteiger partial charge in [0.15, 0.2) is 6.23 Å². The lowest BCUT2D eigenvalue weighted by molar-refractivity contribution is -0.000531. The van der Waals surface area contributed by atoms with Crippen LogP contribution in [0.1, 0.15) is 56.3 Å². The zero-order chi connectivity index (χ0) is 17.1. The highest BCUT2D eigenvalue weighted by Gasteiger charge is 2.52. The highest BCUT2D eigenvalue weighted by atomic mass is 16.3. The van der Waals surface area contributed by atoms with Gasteiger partial charge in [-0.3, -0.25) is 4.90 Å². The Morgan fingerprint density at radius 1 is 1.12 bits per heavy atom. The predicted molar refractivity (Wildman–Crippen MR) is 96.2 cm³/mol. The predicted octanol–water partition coefficient (Wildman–Crippen LogP) is 3.54. The third kappa shape index (κ3) is 2.08. The SMILES string of the molecule is CC1c2[nH]c3ccccc3c2CC2C(O)N(C3CCCCC3)C(=O)N12. The van der Waals surface area contributed by atoms with E-state index in [1.54, 1.807) is 4.90 Å². The molecule has 2 fully saturated rings. The average molecular weight is 339 g/mol. The maximum atomic E-state index is 13.2. The van der Waals surface area contributed by atoms with Gasteiger partial charge < -0.3 is 15.0 Å². The van der Waals surface area contributed by atoms with Gasteiger partial charge in [-0.2, -0.15) is 0 Å². The largest absolute Gasteiger partial charge is 0.371 e. The number of hydrogen-bond acceptors (Lipinski definition) is 2. The number of amides is 2. The van der Waals surface area contributed by atoms with E-state index in [2.05, 4.69) is 30.1 Å². The molecule has 0 radical (unpaired) electrons. The van der Waals surface area contributed by atoms with Crippen LogP contribution in [0, 0.1) is 0 Å². The Labute approximate surface area is 147 Å². The summed E-state index contributed by atoms with van der Waals surface area (Å²) in [5.74, 6) is 0. The number of rotatable bonds is 1. The molecule has 3 heterocycles. The van der Waals surface area contributed by atoms with Gasteiger partial charge in [-0.1, -0.05) is 37.5 Å². The van der Waals surface area contributed by atoms with E-state index in [1.165, 1.54) is 17.4 Å². The van der Waals surface area contributed by atoms with E-state index in [4.69, 9.17) is 0 Å². The molecule has 1 aromatic heterocycles. The molecule has 2 N–H and O–H groups in total. The fraction of sp³-hybridized carbons (Fsp3) is 0.550. The number of aromatic nitrogens is 1. The van der Waals surface area contributed by atoms with Gasteiger partial charge >= 0.3 is 6.03 Å². The van der Waals surface area contributed by atoms with Gasteiger partial charge in [0.25, 0.3) is 0 Å². The van der Waals surface area contributed by atoms with E-state index in [1.807, 2.05) is 11.0 Å². The second kappa shape index (κ2) is 5.49. The maximum absolute atomic E-state index is 13.2. The van der Waals surface area contributed by atoms with Crippen LogP contribution in [0.4, 0.5) is 4.79 Å². The lowest BCUT2D eigenvalue weighted by Gasteiger charge is -2.35. The van der Waals surface area contributed by atoms with Crippen LogP contribution in [0.2, 0.25) is 0 Å². The van der Waals surface area contributed by atoms with E-state index < -0.39 is 6.23 Å². The monoisotopic (exact) mass is 339 g/mol. The first kappa shape index (κ1) is 15.3. The number of aliphatic hydroxyl groups excluding tert-OH is 1. The first-order valence-electron chi connectivity index (χ1n) is 9.55. The topological polar surface area (TPSA) is 59.6 Å². The van der Waals surface area contributed by atoms with Crippen molar-refractivity contribution < 1.29 is 9.90 Å².